The Labute approximate surface area is 150 Å². The van der Waals surface area contributed by atoms with Crippen molar-refractivity contribution in [3.05, 3.63) is 42.2 Å². The summed E-state index contributed by atoms with van der Waals surface area (Å²) >= 11 is 0. The van der Waals surface area contributed by atoms with Crippen LogP contribution in [0.1, 0.15) is 22.5 Å². The second-order valence-electron chi connectivity index (χ2n) is 6.58. The van der Waals surface area contributed by atoms with Crippen molar-refractivity contribution in [3.63, 3.8) is 0 Å². The van der Waals surface area contributed by atoms with Crippen LogP contribution < -0.4 is 5.32 Å². The monoisotopic (exact) mass is 357 g/mol. The molecular formula is C17H20FN7O. The van der Waals surface area contributed by atoms with Crippen LogP contribution in [0.5, 0.6) is 0 Å². The van der Waals surface area contributed by atoms with Gasteiger partial charge in [0.1, 0.15) is 6.17 Å². The van der Waals surface area contributed by atoms with Crippen molar-refractivity contribution in [1.82, 2.24) is 29.7 Å². The number of halogens is 1. The van der Waals surface area contributed by atoms with Gasteiger partial charge in [0.2, 0.25) is 5.95 Å². The molecule has 0 aliphatic carbocycles. The number of fused-ring (bicyclic) bond motifs is 1. The Bertz CT molecular complexity index is 757. The van der Waals surface area contributed by atoms with Crippen LogP contribution in [0.3, 0.4) is 0 Å². The number of carbonyl (C=O) groups is 1. The summed E-state index contributed by atoms with van der Waals surface area (Å²) in [6.07, 6.45) is 7.66. The summed E-state index contributed by atoms with van der Waals surface area (Å²) in [6.45, 7) is 2.83. The van der Waals surface area contributed by atoms with Gasteiger partial charge < -0.3 is 10.2 Å². The number of nitrogens with zero attached hydrogens (tertiary/aromatic N) is 6. The number of hydrogen-bond acceptors (Lipinski definition) is 7. The Morgan fingerprint density at radius 2 is 2.00 bits per heavy atom. The summed E-state index contributed by atoms with van der Waals surface area (Å²) in [5, 5.41) is 3.04. The van der Waals surface area contributed by atoms with Gasteiger partial charge in [0.05, 0.1) is 24.0 Å². The fraction of sp³-hybridized carbons (Fsp3) is 0.471. The first kappa shape index (κ1) is 16.8. The minimum absolute atomic E-state index is 0.104. The Kier molecular flexibility index (Phi) is 4.70. The van der Waals surface area contributed by atoms with E-state index in [2.05, 4.69) is 30.2 Å². The number of amides is 1. The van der Waals surface area contributed by atoms with Crippen molar-refractivity contribution >= 4 is 11.9 Å². The molecule has 2 atom stereocenters. The summed E-state index contributed by atoms with van der Waals surface area (Å²) in [6, 6.07) is 0.122. The topological polar surface area (TPSA) is 87.1 Å². The van der Waals surface area contributed by atoms with Crippen LogP contribution in [0.2, 0.25) is 0 Å². The van der Waals surface area contributed by atoms with Gasteiger partial charge in [0.25, 0.3) is 5.91 Å². The molecule has 136 valence electrons. The highest BCUT2D eigenvalue weighted by atomic mass is 19.1. The molecular weight excluding hydrogens is 337 g/mol. The smallest absolute Gasteiger partial charge is 0.257 e. The van der Waals surface area contributed by atoms with Gasteiger partial charge in [-0.05, 0) is 6.42 Å². The fourth-order valence-electron chi connectivity index (χ4n) is 3.47. The second-order valence-corrected chi connectivity index (χ2v) is 6.58. The molecule has 2 fully saturated rings. The number of nitrogens with one attached hydrogen (secondary N) is 1. The lowest BCUT2D eigenvalue weighted by Gasteiger charge is -2.37. The Morgan fingerprint density at radius 1 is 1.15 bits per heavy atom. The number of hydrogen-bond donors (Lipinski definition) is 1. The van der Waals surface area contributed by atoms with Crippen LogP contribution in [0.15, 0.2) is 31.0 Å². The van der Waals surface area contributed by atoms with E-state index >= 15 is 0 Å². The van der Waals surface area contributed by atoms with E-state index in [0.717, 1.165) is 12.2 Å². The molecule has 2 saturated heterocycles. The molecule has 9 heteroatoms. The Balaban J connectivity index is 1.35. The van der Waals surface area contributed by atoms with Gasteiger partial charge in [-0.2, -0.15) is 0 Å². The first-order valence-corrected chi connectivity index (χ1v) is 8.67. The van der Waals surface area contributed by atoms with Gasteiger partial charge in [0.15, 0.2) is 0 Å². The molecule has 0 bridgehead atoms. The minimum atomic E-state index is -0.780. The van der Waals surface area contributed by atoms with Crippen molar-refractivity contribution in [2.75, 3.05) is 31.5 Å². The molecule has 2 aliphatic heterocycles. The average Bonchev–Trinajstić information content (AvgIpc) is 3.06. The van der Waals surface area contributed by atoms with Crippen LogP contribution in [0.25, 0.3) is 0 Å². The van der Waals surface area contributed by atoms with Crippen LogP contribution in [-0.4, -0.2) is 74.0 Å². The summed E-state index contributed by atoms with van der Waals surface area (Å²) in [4.78, 5) is 33.1. The highest BCUT2D eigenvalue weighted by Crippen LogP contribution is 2.24. The van der Waals surface area contributed by atoms with Crippen LogP contribution in [-0.2, 0) is 6.54 Å². The Morgan fingerprint density at radius 3 is 2.77 bits per heavy atom. The maximum absolute atomic E-state index is 13.5. The third-order valence-electron chi connectivity index (χ3n) is 4.80. The number of carbonyl (C=O) groups excluding carboxylic acids is 1. The van der Waals surface area contributed by atoms with E-state index in [9.17, 15) is 9.18 Å². The van der Waals surface area contributed by atoms with Crippen molar-refractivity contribution < 1.29 is 9.18 Å². The fourth-order valence-corrected chi connectivity index (χ4v) is 3.47. The van der Waals surface area contributed by atoms with Crippen molar-refractivity contribution in [2.45, 2.75) is 25.2 Å². The van der Waals surface area contributed by atoms with Crippen molar-refractivity contribution in [3.8, 4) is 0 Å². The summed E-state index contributed by atoms with van der Waals surface area (Å²) in [5.41, 5.74) is 1.22. The van der Waals surface area contributed by atoms with E-state index in [4.69, 9.17) is 0 Å². The number of aromatic nitrogens is 4. The number of rotatable bonds is 4. The summed E-state index contributed by atoms with van der Waals surface area (Å²) in [7, 11) is 0. The SMILES string of the molecule is O=C(c1cnc(NCc2cnccn2)nc1)N1CCN2C[C@@H](F)C[C@H]2C1. The van der Waals surface area contributed by atoms with Gasteiger partial charge in [-0.3, -0.25) is 19.7 Å². The molecule has 8 nitrogen and oxygen atoms in total. The van der Waals surface area contributed by atoms with E-state index in [1.165, 1.54) is 12.4 Å². The van der Waals surface area contributed by atoms with Gasteiger partial charge in [-0.1, -0.05) is 0 Å². The van der Waals surface area contributed by atoms with Gasteiger partial charge in [-0.25, -0.2) is 14.4 Å². The molecule has 2 aromatic rings. The van der Waals surface area contributed by atoms with E-state index in [-0.39, 0.29) is 11.9 Å². The molecule has 1 amide bonds. The second kappa shape index (κ2) is 7.28. The molecule has 0 spiro atoms. The zero-order valence-corrected chi connectivity index (χ0v) is 14.3. The lowest BCUT2D eigenvalue weighted by molar-refractivity contribution is 0.0570. The number of anilines is 1. The molecule has 1 N–H and O–H groups in total. The number of piperazine rings is 1. The Hall–Kier alpha value is -2.68. The molecule has 26 heavy (non-hydrogen) atoms. The lowest BCUT2D eigenvalue weighted by Crippen LogP contribution is -2.52. The predicted octanol–water partition coefficient (Wildman–Crippen LogP) is 0.747. The largest absolute Gasteiger partial charge is 0.349 e. The van der Waals surface area contributed by atoms with Gasteiger partial charge in [-0.15, -0.1) is 0 Å². The van der Waals surface area contributed by atoms with E-state index < -0.39 is 6.17 Å². The standard InChI is InChI=1S/C17H20FN7O/c18-13-5-15-11-25(4-3-24(15)10-13)16(26)12-6-21-17(22-7-12)23-9-14-8-19-1-2-20-14/h1-2,6-8,13,15H,3-5,9-11H2,(H,21,22,23)/t13-,15-/m0/s1. The van der Waals surface area contributed by atoms with E-state index in [1.54, 1.807) is 23.5 Å². The van der Waals surface area contributed by atoms with Crippen molar-refractivity contribution in [2.24, 2.45) is 0 Å². The minimum Gasteiger partial charge on any atom is -0.349 e. The zero-order chi connectivity index (χ0) is 17.9. The van der Waals surface area contributed by atoms with Crippen LogP contribution in [0, 0.1) is 0 Å². The highest BCUT2D eigenvalue weighted by molar-refractivity contribution is 5.93. The quantitative estimate of drug-likeness (QED) is 0.864. The molecule has 2 aromatic heterocycles. The molecule has 0 unspecified atom stereocenters. The summed E-state index contributed by atoms with van der Waals surface area (Å²) < 4.78 is 13.5. The third-order valence-corrected chi connectivity index (χ3v) is 4.80. The van der Waals surface area contributed by atoms with Gasteiger partial charge >= 0.3 is 0 Å². The van der Waals surface area contributed by atoms with E-state index in [0.29, 0.717) is 44.1 Å². The van der Waals surface area contributed by atoms with Crippen LogP contribution >= 0.6 is 0 Å². The summed E-state index contributed by atoms with van der Waals surface area (Å²) in [5.74, 6) is 0.320. The lowest BCUT2D eigenvalue weighted by atomic mass is 10.1. The molecule has 0 saturated carbocycles. The maximum Gasteiger partial charge on any atom is 0.257 e. The molecule has 2 aliphatic rings. The first-order chi connectivity index (χ1) is 12.7. The average molecular weight is 357 g/mol. The van der Waals surface area contributed by atoms with Gasteiger partial charge in [0, 0.05) is 57.0 Å². The van der Waals surface area contributed by atoms with E-state index in [1.807, 2.05) is 0 Å². The highest BCUT2D eigenvalue weighted by Gasteiger charge is 2.37. The first-order valence-electron chi connectivity index (χ1n) is 8.67. The molecule has 0 aromatic carbocycles. The maximum atomic E-state index is 13.5. The molecule has 4 heterocycles. The zero-order valence-electron chi connectivity index (χ0n) is 14.3. The van der Waals surface area contributed by atoms with Crippen LogP contribution in [0.4, 0.5) is 10.3 Å². The molecule has 0 radical (unpaired) electrons. The predicted molar refractivity (Wildman–Crippen MR) is 92.2 cm³/mol. The molecule has 4 rings (SSSR count). The number of alkyl halides is 1. The normalized spacial score (nSPS) is 22.9. The third kappa shape index (κ3) is 3.62. The van der Waals surface area contributed by atoms with Crippen molar-refractivity contribution in [1.29, 1.82) is 0 Å².